The van der Waals surface area contributed by atoms with Crippen molar-refractivity contribution in [1.29, 1.82) is 0 Å². The summed E-state index contributed by atoms with van der Waals surface area (Å²) >= 11 is 0. The van der Waals surface area contributed by atoms with E-state index in [4.69, 9.17) is 0 Å². The van der Waals surface area contributed by atoms with Gasteiger partial charge in [-0.1, -0.05) is 0 Å². The summed E-state index contributed by atoms with van der Waals surface area (Å²) in [5, 5.41) is 21.0. The van der Waals surface area contributed by atoms with E-state index in [9.17, 15) is 73.7 Å². The molecule has 0 bridgehead atoms. The van der Waals surface area contributed by atoms with Crippen LogP contribution in [0.2, 0.25) is 0 Å². The van der Waals surface area contributed by atoms with E-state index in [-0.39, 0.29) is 0 Å². The zero-order chi connectivity index (χ0) is 31.8. The van der Waals surface area contributed by atoms with Gasteiger partial charge < -0.3 is 20.2 Å². The Labute approximate surface area is 221 Å². The van der Waals surface area contributed by atoms with E-state index in [1.807, 2.05) is 0 Å². The maximum atomic E-state index is 12.7. The number of aromatic nitrogens is 4. The zero-order valence-electron chi connectivity index (χ0n) is 20.2. The highest BCUT2D eigenvalue weighted by atomic mass is 19.4. The molecule has 0 saturated heterocycles. The lowest BCUT2D eigenvalue weighted by Crippen LogP contribution is -2.36. The summed E-state index contributed by atoms with van der Waals surface area (Å²) in [6.45, 7) is -3.94. The molecule has 0 atom stereocenters. The number of imidazole rings is 2. The molecular weight excluding hydrogens is 596 g/mol. The fourth-order valence-electron chi connectivity index (χ4n) is 2.90. The van der Waals surface area contributed by atoms with Gasteiger partial charge >= 0.3 is 29.9 Å². The molecule has 0 aliphatic heterocycles. The topological polar surface area (TPSA) is 156 Å². The van der Waals surface area contributed by atoms with E-state index in [0.717, 1.165) is 17.2 Å². The van der Waals surface area contributed by atoms with Crippen molar-refractivity contribution in [3.63, 3.8) is 0 Å². The molecule has 41 heavy (non-hydrogen) atoms. The lowest BCUT2D eigenvalue weighted by atomic mass is 10.1. The fourth-order valence-corrected chi connectivity index (χ4v) is 2.90. The third-order valence-corrected chi connectivity index (χ3v) is 4.96. The second-order valence-electron chi connectivity index (χ2n) is 7.96. The first-order valence-electron chi connectivity index (χ1n) is 10.8. The molecule has 0 amide bonds. The fraction of sp³-hybridized carbons (Fsp3) is 0.579. The molecule has 230 valence electrons. The van der Waals surface area contributed by atoms with Gasteiger partial charge in [0.1, 0.15) is 13.3 Å². The molecule has 0 saturated carbocycles. The van der Waals surface area contributed by atoms with Gasteiger partial charge in [0.25, 0.3) is 0 Å². The molecule has 0 aromatic carbocycles. The Kier molecular flexibility index (Phi) is 11.9. The summed E-state index contributed by atoms with van der Waals surface area (Å²) in [6.07, 6.45) is -13.5. The van der Waals surface area contributed by atoms with Gasteiger partial charge in [0.15, 0.2) is 23.0 Å². The number of hydrogen-bond donors (Lipinski definition) is 0. The van der Waals surface area contributed by atoms with E-state index in [2.05, 4.69) is 9.97 Å². The van der Waals surface area contributed by atoms with Crippen molar-refractivity contribution in [2.45, 2.75) is 70.4 Å². The van der Waals surface area contributed by atoms with Gasteiger partial charge in [0.2, 0.25) is 12.7 Å². The van der Waals surface area contributed by atoms with Crippen LogP contribution in [0.15, 0.2) is 12.7 Å². The SMILES string of the molecule is O=C(CCC(F)(F)C(F)(F)F)Cn1cnc([N+](=O)[O-])c1C[18F].O=C(CCC(F)(F)F)Cn1cnc([N+](=O)[O-])c1C[18F]. The molecule has 0 aliphatic rings. The Hall–Kier alpha value is -4.14. The maximum absolute atomic E-state index is 12.7. The van der Waals surface area contributed by atoms with Gasteiger partial charge in [-0.2, -0.15) is 35.1 Å². The maximum Gasteiger partial charge on any atom is 0.453 e. The minimum Gasteiger partial charge on any atom is -0.358 e. The van der Waals surface area contributed by atoms with Crippen molar-refractivity contribution >= 4 is 23.2 Å². The molecule has 2 aromatic rings. The highest BCUT2D eigenvalue weighted by molar-refractivity contribution is 5.78. The predicted molar refractivity (Wildman–Crippen MR) is 113 cm³/mol. The van der Waals surface area contributed by atoms with Crippen molar-refractivity contribution in [2.24, 2.45) is 0 Å². The lowest BCUT2D eigenvalue weighted by Gasteiger charge is -2.18. The largest absolute Gasteiger partial charge is 0.453 e. The molecular formula is C19H18F10N6O6. The summed E-state index contributed by atoms with van der Waals surface area (Å²) < 4.78 is 124. The molecule has 0 fully saturated rings. The van der Waals surface area contributed by atoms with Gasteiger partial charge in [0, 0.05) is 19.3 Å². The Morgan fingerprint density at radius 3 is 1.39 bits per heavy atom. The number of carbonyl (C=O) groups is 2. The van der Waals surface area contributed by atoms with Crippen molar-refractivity contribution < 1.29 is 63.3 Å². The number of nitrogens with zero attached hydrogens (tertiary/aromatic N) is 6. The third kappa shape index (κ3) is 10.4. The summed E-state index contributed by atoms with van der Waals surface area (Å²) in [4.78, 5) is 48.2. The number of carbonyl (C=O) groups excluding carboxylic acids is 2. The van der Waals surface area contributed by atoms with Crippen molar-refractivity contribution in [3.8, 4) is 0 Å². The first kappa shape index (κ1) is 34.9. The van der Waals surface area contributed by atoms with Crippen LogP contribution in [0.3, 0.4) is 0 Å². The number of nitro groups is 2. The molecule has 0 spiro atoms. The monoisotopic (exact) mass is 614 g/mol. The molecule has 2 heterocycles. The van der Waals surface area contributed by atoms with Crippen LogP contribution >= 0.6 is 0 Å². The lowest BCUT2D eigenvalue weighted by molar-refractivity contribution is -0.390. The van der Waals surface area contributed by atoms with E-state index in [1.165, 1.54) is 0 Å². The van der Waals surface area contributed by atoms with E-state index >= 15 is 0 Å². The second-order valence-corrected chi connectivity index (χ2v) is 7.96. The second kappa shape index (κ2) is 14.0. The van der Waals surface area contributed by atoms with Gasteiger partial charge in [0.05, 0.1) is 19.5 Å². The van der Waals surface area contributed by atoms with Crippen molar-refractivity contribution in [2.75, 3.05) is 0 Å². The summed E-state index contributed by atoms with van der Waals surface area (Å²) in [5.41, 5.74) is -1.01. The van der Waals surface area contributed by atoms with Crippen LogP contribution in [0.4, 0.5) is 55.5 Å². The van der Waals surface area contributed by atoms with Gasteiger partial charge in [-0.3, -0.25) is 18.7 Å². The standard InChI is InChI=1S/C10H9F6N3O3.C9H9F4N3O3/c11-3-7-8(19(21)22)17-5-18(7)4-6(20)1-2-9(12,13)10(14,15)16;10-3-7-8(16(18)19)14-5-15(7)4-6(17)1-2-9(11,12)13/h5H,1-4H2;5H,1-4H2/i11-1;10-1. The smallest absolute Gasteiger partial charge is 0.358 e. The van der Waals surface area contributed by atoms with Crippen molar-refractivity contribution in [1.82, 2.24) is 19.1 Å². The number of halogens is 10. The number of alkyl halides is 10. The van der Waals surface area contributed by atoms with Crippen LogP contribution in [0.25, 0.3) is 0 Å². The molecule has 2 rings (SSSR count). The van der Waals surface area contributed by atoms with Crippen LogP contribution in [0.1, 0.15) is 37.1 Å². The minimum absolute atomic E-state index is 0.439. The number of Topliss-reactive ketones (excluding diaryl/α,β-unsaturated/α-hetero) is 2. The predicted octanol–water partition coefficient (Wildman–Crippen LogP) is 4.98. The van der Waals surface area contributed by atoms with Crippen LogP contribution in [-0.2, 0) is 36.0 Å². The van der Waals surface area contributed by atoms with E-state index in [0.29, 0.717) is 4.57 Å². The normalized spacial score (nSPS) is 12.0. The number of ketones is 2. The molecule has 12 nitrogen and oxygen atoms in total. The highest BCUT2D eigenvalue weighted by Gasteiger charge is 2.56. The van der Waals surface area contributed by atoms with Gasteiger partial charge in [-0.05, 0) is 19.8 Å². The highest BCUT2D eigenvalue weighted by Crippen LogP contribution is 2.38. The Balaban J connectivity index is 0.000000414. The Bertz CT molecular complexity index is 1240. The molecule has 0 unspecified atom stereocenters. The van der Waals surface area contributed by atoms with Crippen molar-refractivity contribution in [3.05, 3.63) is 44.3 Å². The minimum atomic E-state index is -5.77. The molecule has 0 N–H and O–H groups in total. The summed E-state index contributed by atoms with van der Waals surface area (Å²) in [5.74, 6) is -8.49. The third-order valence-electron chi connectivity index (χ3n) is 4.96. The van der Waals surface area contributed by atoms with Crippen LogP contribution in [0.5, 0.6) is 0 Å². The average molecular weight is 614 g/mol. The summed E-state index contributed by atoms with van der Waals surface area (Å²) in [6, 6.07) is 0. The Morgan fingerprint density at radius 2 is 1.10 bits per heavy atom. The van der Waals surface area contributed by atoms with E-state index in [1.54, 1.807) is 0 Å². The first-order valence-corrected chi connectivity index (χ1v) is 10.8. The summed E-state index contributed by atoms with van der Waals surface area (Å²) in [7, 11) is 0. The molecule has 2 aromatic heterocycles. The zero-order valence-corrected chi connectivity index (χ0v) is 20.2. The number of rotatable bonds is 13. The van der Waals surface area contributed by atoms with Crippen LogP contribution in [-0.4, -0.2) is 58.8 Å². The van der Waals surface area contributed by atoms with Crippen LogP contribution in [0, 0.1) is 20.2 Å². The average Bonchev–Trinajstić information content (AvgIpc) is 3.44. The number of hydrogen-bond acceptors (Lipinski definition) is 8. The van der Waals surface area contributed by atoms with Gasteiger partial charge in [-0.15, -0.1) is 0 Å². The quantitative estimate of drug-likeness (QED) is 0.174. The van der Waals surface area contributed by atoms with Gasteiger partial charge in [-0.25, -0.2) is 8.78 Å². The Morgan fingerprint density at radius 1 is 0.732 bits per heavy atom. The molecule has 0 aliphatic carbocycles. The molecule has 0 radical (unpaired) electrons. The first-order chi connectivity index (χ1) is 18.7. The van der Waals surface area contributed by atoms with E-state index < -0.39 is 115 Å². The molecule has 22 heteroatoms. The van der Waals surface area contributed by atoms with Crippen LogP contribution < -0.4 is 0 Å².